The van der Waals surface area contributed by atoms with Crippen molar-refractivity contribution in [1.29, 1.82) is 0 Å². The van der Waals surface area contributed by atoms with Crippen LogP contribution in [0, 0.1) is 0 Å². The van der Waals surface area contributed by atoms with E-state index in [9.17, 15) is 9.59 Å². The highest BCUT2D eigenvalue weighted by molar-refractivity contribution is 5.84. The first-order valence-corrected chi connectivity index (χ1v) is 8.49. The molecule has 1 saturated carbocycles. The zero-order valence-electron chi connectivity index (χ0n) is 14.4. The van der Waals surface area contributed by atoms with Crippen molar-refractivity contribution in [3.63, 3.8) is 0 Å². The lowest BCUT2D eigenvalue weighted by atomic mass is 10.3. The molecule has 0 aromatic carbocycles. The van der Waals surface area contributed by atoms with Crippen LogP contribution in [0.1, 0.15) is 38.8 Å². The number of hydrogen-bond donors (Lipinski definition) is 1. The van der Waals surface area contributed by atoms with Crippen molar-refractivity contribution < 1.29 is 9.59 Å². The zero-order chi connectivity index (χ0) is 16.8. The molecule has 3 amide bonds. The van der Waals surface area contributed by atoms with Crippen LogP contribution in [0.5, 0.6) is 0 Å². The molecule has 128 valence electrons. The first-order valence-electron chi connectivity index (χ1n) is 8.49. The van der Waals surface area contributed by atoms with Crippen molar-refractivity contribution in [3.05, 3.63) is 24.0 Å². The number of urea groups is 1. The molecule has 0 bridgehead atoms. The highest BCUT2D eigenvalue weighted by Crippen LogP contribution is 2.28. The second-order valence-corrected chi connectivity index (χ2v) is 6.12. The molecule has 0 spiro atoms. The lowest BCUT2D eigenvalue weighted by molar-refractivity contribution is -0.133. The van der Waals surface area contributed by atoms with Gasteiger partial charge < -0.3 is 19.7 Å². The summed E-state index contributed by atoms with van der Waals surface area (Å²) in [6.07, 6.45) is 4.95. The molecule has 23 heavy (non-hydrogen) atoms. The van der Waals surface area contributed by atoms with Crippen LogP contribution in [-0.4, -0.2) is 52.0 Å². The summed E-state index contributed by atoms with van der Waals surface area (Å²) < 4.78 is 2.04. The summed E-state index contributed by atoms with van der Waals surface area (Å²) in [5, 5.41) is 2.79. The van der Waals surface area contributed by atoms with Crippen molar-refractivity contribution in [1.82, 2.24) is 19.7 Å². The lowest BCUT2D eigenvalue weighted by Crippen LogP contribution is -2.47. The van der Waals surface area contributed by atoms with Crippen LogP contribution in [0.25, 0.3) is 0 Å². The summed E-state index contributed by atoms with van der Waals surface area (Å²) in [5.41, 5.74) is 1.12. The molecular formula is C17H28N4O2. The highest BCUT2D eigenvalue weighted by Gasteiger charge is 2.33. The molecule has 0 saturated heterocycles. The molecule has 6 heteroatoms. The van der Waals surface area contributed by atoms with Gasteiger partial charge in [0.05, 0.1) is 6.54 Å². The second-order valence-electron chi connectivity index (χ2n) is 6.12. The third-order valence-corrected chi connectivity index (χ3v) is 4.13. The van der Waals surface area contributed by atoms with E-state index in [1.807, 2.05) is 48.7 Å². The SMILES string of the molecule is CCCN(CC(=O)N(Cc1cccn1C)C1CC1)C(=O)NCC. The van der Waals surface area contributed by atoms with E-state index >= 15 is 0 Å². The maximum atomic E-state index is 12.8. The van der Waals surface area contributed by atoms with Crippen LogP contribution in [0.3, 0.4) is 0 Å². The average molecular weight is 320 g/mol. The Morgan fingerprint density at radius 3 is 2.61 bits per heavy atom. The number of nitrogens with one attached hydrogen (secondary N) is 1. The van der Waals surface area contributed by atoms with E-state index in [0.29, 0.717) is 25.7 Å². The van der Waals surface area contributed by atoms with Gasteiger partial charge in [0.15, 0.2) is 0 Å². The van der Waals surface area contributed by atoms with Gasteiger partial charge in [-0.1, -0.05) is 6.92 Å². The van der Waals surface area contributed by atoms with Crippen molar-refractivity contribution in [3.8, 4) is 0 Å². The van der Waals surface area contributed by atoms with E-state index in [2.05, 4.69) is 5.32 Å². The van der Waals surface area contributed by atoms with Crippen LogP contribution < -0.4 is 5.32 Å². The summed E-state index contributed by atoms with van der Waals surface area (Å²) in [5.74, 6) is 0.0356. The molecule has 0 unspecified atom stereocenters. The lowest BCUT2D eigenvalue weighted by Gasteiger charge is -2.27. The number of carbonyl (C=O) groups is 2. The van der Waals surface area contributed by atoms with Crippen molar-refractivity contribution in [2.45, 2.75) is 45.7 Å². The molecule has 0 atom stereocenters. The van der Waals surface area contributed by atoms with Gasteiger partial charge in [0.25, 0.3) is 0 Å². The van der Waals surface area contributed by atoms with Gasteiger partial charge in [-0.2, -0.15) is 0 Å². The largest absolute Gasteiger partial charge is 0.353 e. The van der Waals surface area contributed by atoms with E-state index < -0.39 is 0 Å². The van der Waals surface area contributed by atoms with Crippen LogP contribution in [-0.2, 0) is 18.4 Å². The van der Waals surface area contributed by atoms with Gasteiger partial charge in [-0.05, 0) is 38.3 Å². The van der Waals surface area contributed by atoms with Crippen molar-refractivity contribution >= 4 is 11.9 Å². The number of aromatic nitrogens is 1. The third-order valence-electron chi connectivity index (χ3n) is 4.13. The minimum absolute atomic E-state index is 0.0356. The van der Waals surface area contributed by atoms with Crippen LogP contribution in [0.4, 0.5) is 4.79 Å². The molecule has 0 aliphatic heterocycles. The van der Waals surface area contributed by atoms with Crippen molar-refractivity contribution in [2.24, 2.45) is 7.05 Å². The molecule has 2 rings (SSSR count). The maximum absolute atomic E-state index is 12.8. The van der Waals surface area contributed by atoms with Gasteiger partial charge >= 0.3 is 6.03 Å². The Morgan fingerprint density at radius 2 is 2.09 bits per heavy atom. The monoisotopic (exact) mass is 320 g/mol. The van der Waals surface area contributed by atoms with Crippen molar-refractivity contribution in [2.75, 3.05) is 19.6 Å². The summed E-state index contributed by atoms with van der Waals surface area (Å²) in [6, 6.07) is 4.20. The standard InChI is InChI=1S/C17H28N4O2/c1-4-10-20(17(23)18-5-2)13-16(22)21(14-8-9-14)12-15-7-6-11-19(15)3/h6-7,11,14H,4-5,8-10,12-13H2,1-3H3,(H,18,23). The number of hydrogen-bond acceptors (Lipinski definition) is 2. The van der Waals surface area contributed by atoms with Gasteiger partial charge in [0.2, 0.25) is 5.91 Å². The predicted octanol–water partition coefficient (Wildman–Crippen LogP) is 1.96. The van der Waals surface area contributed by atoms with Gasteiger partial charge in [0, 0.05) is 38.1 Å². The zero-order valence-corrected chi connectivity index (χ0v) is 14.4. The molecule has 1 fully saturated rings. The quantitative estimate of drug-likeness (QED) is 0.796. The third kappa shape index (κ3) is 4.74. The Morgan fingerprint density at radius 1 is 1.35 bits per heavy atom. The summed E-state index contributed by atoms with van der Waals surface area (Å²) in [6.45, 7) is 5.83. The fourth-order valence-electron chi connectivity index (χ4n) is 2.68. The van der Waals surface area contributed by atoms with Gasteiger partial charge in [-0.25, -0.2) is 4.79 Å². The molecule has 0 radical (unpaired) electrons. The average Bonchev–Trinajstić information content (AvgIpc) is 3.27. The number of carbonyl (C=O) groups excluding carboxylic acids is 2. The minimum Gasteiger partial charge on any atom is -0.353 e. The van der Waals surface area contributed by atoms with Gasteiger partial charge in [0.1, 0.15) is 6.54 Å². The topological polar surface area (TPSA) is 57.6 Å². The fourth-order valence-corrected chi connectivity index (χ4v) is 2.68. The molecule has 6 nitrogen and oxygen atoms in total. The van der Waals surface area contributed by atoms with E-state index in [-0.39, 0.29) is 18.5 Å². The minimum atomic E-state index is -0.155. The molecule has 1 aliphatic carbocycles. The predicted molar refractivity (Wildman–Crippen MR) is 89.9 cm³/mol. The molecular weight excluding hydrogens is 292 g/mol. The maximum Gasteiger partial charge on any atom is 0.317 e. The Labute approximate surface area is 138 Å². The molecule has 1 aromatic rings. The molecule has 1 heterocycles. The number of rotatable bonds is 8. The van der Waals surface area contributed by atoms with Gasteiger partial charge in [-0.3, -0.25) is 4.79 Å². The Hall–Kier alpha value is -1.98. The summed E-state index contributed by atoms with van der Waals surface area (Å²) in [7, 11) is 1.99. The van der Waals surface area contributed by atoms with Crippen LogP contribution >= 0.6 is 0 Å². The Balaban J connectivity index is 2.02. The number of amides is 3. The summed E-state index contributed by atoms with van der Waals surface area (Å²) >= 11 is 0. The smallest absolute Gasteiger partial charge is 0.317 e. The van der Waals surface area contributed by atoms with E-state index in [1.54, 1.807) is 4.90 Å². The first kappa shape index (κ1) is 17.4. The Bertz CT molecular complexity index is 536. The first-order chi connectivity index (χ1) is 11.1. The van der Waals surface area contributed by atoms with E-state index in [1.165, 1.54) is 0 Å². The molecule has 1 aromatic heterocycles. The summed E-state index contributed by atoms with van der Waals surface area (Å²) in [4.78, 5) is 28.4. The van der Waals surface area contributed by atoms with Gasteiger partial charge in [-0.15, -0.1) is 0 Å². The second kappa shape index (κ2) is 8.04. The normalized spacial score (nSPS) is 13.7. The number of nitrogens with zero attached hydrogens (tertiary/aromatic N) is 3. The highest BCUT2D eigenvalue weighted by atomic mass is 16.2. The van der Waals surface area contributed by atoms with Crippen LogP contribution in [0.2, 0.25) is 0 Å². The molecule has 1 aliphatic rings. The fraction of sp³-hybridized carbons (Fsp3) is 0.647. The number of aryl methyl sites for hydroxylation is 1. The van der Waals surface area contributed by atoms with E-state index in [4.69, 9.17) is 0 Å². The van der Waals surface area contributed by atoms with E-state index in [0.717, 1.165) is 25.0 Å². The molecule has 1 N–H and O–H groups in total. The van der Waals surface area contributed by atoms with Crippen LogP contribution in [0.15, 0.2) is 18.3 Å². The Kier molecular flexibility index (Phi) is 6.07.